The van der Waals surface area contributed by atoms with Crippen molar-refractivity contribution in [2.24, 2.45) is 5.73 Å². The van der Waals surface area contributed by atoms with Gasteiger partial charge >= 0.3 is 0 Å². The number of para-hydroxylation sites is 1. The molecule has 0 saturated heterocycles. The Hall–Kier alpha value is -1.60. The van der Waals surface area contributed by atoms with Gasteiger partial charge < -0.3 is 11.1 Å². The molecule has 1 rings (SSSR count). The number of rotatable bonds is 5. The van der Waals surface area contributed by atoms with Crippen LogP contribution in [0.1, 0.15) is 0 Å². The van der Waals surface area contributed by atoms with Crippen LogP contribution in [0.25, 0.3) is 0 Å². The highest BCUT2D eigenvalue weighted by atomic mass is 32.2. The first kappa shape index (κ1) is 12.5. The zero-order valence-electron chi connectivity index (χ0n) is 8.73. The van der Waals surface area contributed by atoms with E-state index in [9.17, 15) is 13.2 Å². The van der Waals surface area contributed by atoms with E-state index in [2.05, 4.69) is 10.0 Å². The van der Waals surface area contributed by atoms with E-state index >= 15 is 0 Å². The molecule has 0 heterocycles. The summed E-state index contributed by atoms with van der Waals surface area (Å²) in [4.78, 5) is 10.7. The van der Waals surface area contributed by atoms with E-state index in [1.807, 2.05) is 0 Å². The molecule has 0 saturated carbocycles. The number of sulfonamides is 1. The van der Waals surface area contributed by atoms with Crippen LogP contribution in [-0.4, -0.2) is 27.9 Å². The zero-order valence-corrected chi connectivity index (χ0v) is 9.54. The van der Waals surface area contributed by atoms with Gasteiger partial charge in [0, 0.05) is 0 Å². The number of nitrogens with two attached hydrogens (primary N) is 1. The fourth-order valence-corrected chi connectivity index (χ4v) is 2.05. The van der Waals surface area contributed by atoms with E-state index in [4.69, 9.17) is 5.73 Å². The maximum absolute atomic E-state index is 11.6. The van der Waals surface area contributed by atoms with Crippen molar-refractivity contribution in [3.8, 4) is 0 Å². The normalized spacial score (nSPS) is 11.1. The van der Waals surface area contributed by atoms with E-state index in [1.165, 1.54) is 13.1 Å². The summed E-state index contributed by atoms with van der Waals surface area (Å²) in [5.41, 5.74) is 5.31. The van der Waals surface area contributed by atoms with E-state index in [0.29, 0.717) is 5.69 Å². The van der Waals surface area contributed by atoms with Gasteiger partial charge in [-0.3, -0.25) is 4.79 Å². The minimum absolute atomic E-state index is 0.0822. The maximum atomic E-state index is 11.6. The quantitative estimate of drug-likeness (QED) is 0.648. The predicted octanol–water partition coefficient (Wildman–Crippen LogP) is -0.508. The third-order valence-corrected chi connectivity index (χ3v) is 3.37. The van der Waals surface area contributed by atoms with Gasteiger partial charge in [0.1, 0.15) is 4.90 Å². The number of hydrogen-bond acceptors (Lipinski definition) is 4. The molecule has 0 aromatic heterocycles. The molecule has 0 aliphatic carbocycles. The molecule has 4 N–H and O–H groups in total. The fraction of sp³-hybridized carbons (Fsp3) is 0.222. The lowest BCUT2D eigenvalue weighted by atomic mass is 10.3. The number of hydrogen-bond donors (Lipinski definition) is 3. The number of amides is 1. The van der Waals surface area contributed by atoms with Crippen molar-refractivity contribution in [3.63, 3.8) is 0 Å². The van der Waals surface area contributed by atoms with Gasteiger partial charge in [-0.05, 0) is 19.2 Å². The highest BCUT2D eigenvalue weighted by molar-refractivity contribution is 7.89. The number of carbonyl (C=O) groups excluding carboxylic acids is 1. The summed E-state index contributed by atoms with van der Waals surface area (Å²) >= 11 is 0. The van der Waals surface area contributed by atoms with Gasteiger partial charge in [-0.25, -0.2) is 13.1 Å². The molecule has 0 aliphatic rings. The molecule has 0 aliphatic heterocycles. The Kier molecular flexibility index (Phi) is 3.86. The van der Waals surface area contributed by atoms with Crippen LogP contribution in [0.2, 0.25) is 0 Å². The molecule has 0 bridgehead atoms. The molecule has 0 unspecified atom stereocenters. The number of carbonyl (C=O) groups is 1. The third-order valence-electron chi connectivity index (χ3n) is 1.90. The van der Waals surface area contributed by atoms with Crippen LogP contribution in [0.5, 0.6) is 0 Å². The Morgan fingerprint density at radius 1 is 1.38 bits per heavy atom. The standard InChI is InChI=1S/C9H13N3O3S/c1-11-16(14,15)8-5-3-2-4-7(8)12-6-9(10)13/h2-5,11-12H,6H2,1H3,(H2,10,13). The van der Waals surface area contributed by atoms with E-state index in [-0.39, 0.29) is 11.4 Å². The van der Waals surface area contributed by atoms with Crippen molar-refractivity contribution < 1.29 is 13.2 Å². The highest BCUT2D eigenvalue weighted by Gasteiger charge is 2.15. The van der Waals surface area contributed by atoms with Crippen LogP contribution < -0.4 is 15.8 Å². The summed E-state index contributed by atoms with van der Waals surface area (Å²) in [6.45, 7) is -0.115. The van der Waals surface area contributed by atoms with Crippen LogP contribution in [-0.2, 0) is 14.8 Å². The third kappa shape index (κ3) is 2.94. The second-order valence-electron chi connectivity index (χ2n) is 3.02. The first-order valence-corrected chi connectivity index (χ1v) is 6.00. The van der Waals surface area contributed by atoms with Crippen LogP contribution in [0.3, 0.4) is 0 Å². The Morgan fingerprint density at radius 3 is 2.56 bits per heavy atom. The van der Waals surface area contributed by atoms with Crippen LogP contribution >= 0.6 is 0 Å². The average molecular weight is 243 g/mol. The molecule has 7 heteroatoms. The summed E-state index contributed by atoms with van der Waals surface area (Å²) in [7, 11) is -2.22. The van der Waals surface area contributed by atoms with Gasteiger partial charge in [-0.15, -0.1) is 0 Å². The molecule has 6 nitrogen and oxygen atoms in total. The molecule has 0 atom stereocenters. The van der Waals surface area contributed by atoms with E-state index in [0.717, 1.165) is 0 Å². The maximum Gasteiger partial charge on any atom is 0.242 e. The number of anilines is 1. The smallest absolute Gasteiger partial charge is 0.242 e. The van der Waals surface area contributed by atoms with Crippen molar-refractivity contribution in [2.75, 3.05) is 18.9 Å². The summed E-state index contributed by atoms with van der Waals surface area (Å²) in [5.74, 6) is -0.559. The lowest BCUT2D eigenvalue weighted by Crippen LogP contribution is -2.24. The second kappa shape index (κ2) is 4.95. The monoisotopic (exact) mass is 243 g/mol. The van der Waals surface area contributed by atoms with Gasteiger partial charge in [0.15, 0.2) is 0 Å². The molecule has 1 amide bonds. The average Bonchev–Trinajstić information content (AvgIpc) is 2.26. The molecule has 1 aromatic rings. The van der Waals surface area contributed by atoms with E-state index in [1.54, 1.807) is 18.2 Å². The van der Waals surface area contributed by atoms with Crippen molar-refractivity contribution in [1.82, 2.24) is 4.72 Å². The summed E-state index contributed by atoms with van der Waals surface area (Å²) in [6.07, 6.45) is 0. The van der Waals surface area contributed by atoms with Crippen molar-refractivity contribution in [1.29, 1.82) is 0 Å². The fourth-order valence-electron chi connectivity index (χ4n) is 1.14. The summed E-state index contributed by atoms with van der Waals surface area (Å²) < 4.78 is 25.4. The lowest BCUT2D eigenvalue weighted by molar-refractivity contribution is -0.116. The summed E-state index contributed by atoms with van der Waals surface area (Å²) in [6, 6.07) is 6.26. The Bertz CT molecular complexity index is 485. The van der Waals surface area contributed by atoms with Crippen LogP contribution in [0, 0.1) is 0 Å². The van der Waals surface area contributed by atoms with E-state index < -0.39 is 15.9 Å². The second-order valence-corrected chi connectivity index (χ2v) is 4.88. The molecule has 0 spiro atoms. The molecule has 88 valence electrons. The number of benzene rings is 1. The van der Waals surface area contributed by atoms with Gasteiger partial charge in [0.25, 0.3) is 0 Å². The highest BCUT2D eigenvalue weighted by Crippen LogP contribution is 2.19. The Balaban J connectivity index is 3.06. The first-order chi connectivity index (χ1) is 7.47. The van der Waals surface area contributed by atoms with Gasteiger partial charge in [-0.2, -0.15) is 0 Å². The first-order valence-electron chi connectivity index (χ1n) is 4.52. The summed E-state index contributed by atoms with van der Waals surface area (Å²) in [5, 5.41) is 2.66. The predicted molar refractivity (Wildman–Crippen MR) is 60.4 cm³/mol. The minimum atomic E-state index is -3.54. The van der Waals surface area contributed by atoms with Crippen LogP contribution in [0.4, 0.5) is 5.69 Å². The zero-order chi connectivity index (χ0) is 12.2. The molecule has 0 radical (unpaired) electrons. The largest absolute Gasteiger partial charge is 0.375 e. The van der Waals surface area contributed by atoms with Gasteiger partial charge in [-0.1, -0.05) is 12.1 Å². The van der Waals surface area contributed by atoms with Crippen molar-refractivity contribution >= 4 is 21.6 Å². The van der Waals surface area contributed by atoms with Crippen molar-refractivity contribution in [3.05, 3.63) is 24.3 Å². The number of primary amides is 1. The SMILES string of the molecule is CNS(=O)(=O)c1ccccc1NCC(N)=O. The molecule has 1 aromatic carbocycles. The van der Waals surface area contributed by atoms with Gasteiger partial charge in [0.2, 0.25) is 15.9 Å². The van der Waals surface area contributed by atoms with Gasteiger partial charge in [0.05, 0.1) is 12.2 Å². The lowest BCUT2D eigenvalue weighted by Gasteiger charge is -2.10. The molecule has 0 fully saturated rings. The van der Waals surface area contributed by atoms with Crippen LogP contribution in [0.15, 0.2) is 29.2 Å². The molecular weight excluding hydrogens is 230 g/mol. The van der Waals surface area contributed by atoms with Crippen molar-refractivity contribution in [2.45, 2.75) is 4.90 Å². The molecule has 16 heavy (non-hydrogen) atoms. The Morgan fingerprint density at radius 2 is 2.00 bits per heavy atom. The number of nitrogens with one attached hydrogen (secondary N) is 2. The minimum Gasteiger partial charge on any atom is -0.375 e. The molecular formula is C9H13N3O3S. The topological polar surface area (TPSA) is 101 Å². The Labute approximate surface area is 93.9 Å².